The minimum absolute atomic E-state index is 0.344. The Hall–Kier alpha value is -2.57. The highest BCUT2D eigenvalue weighted by Crippen LogP contribution is 2.30. The highest BCUT2D eigenvalue weighted by molar-refractivity contribution is 5.58. The number of hydroxylamine groups is 1. The summed E-state index contributed by atoms with van der Waals surface area (Å²) in [4.78, 5) is 9.95. The van der Waals surface area contributed by atoms with Gasteiger partial charge in [-0.3, -0.25) is 15.3 Å². The third-order valence-electron chi connectivity index (χ3n) is 4.52. The van der Waals surface area contributed by atoms with E-state index in [-0.39, 0.29) is 0 Å². The van der Waals surface area contributed by atoms with Crippen LogP contribution in [0.4, 0.5) is 5.69 Å². The number of hydrogen-bond acceptors (Lipinski definition) is 6. The van der Waals surface area contributed by atoms with Gasteiger partial charge in [0, 0.05) is 25.0 Å². The van der Waals surface area contributed by atoms with Gasteiger partial charge in [-0.1, -0.05) is 36.4 Å². The van der Waals surface area contributed by atoms with Crippen molar-refractivity contribution in [3.05, 3.63) is 65.6 Å². The molecule has 0 amide bonds. The number of anilines is 1. The van der Waals surface area contributed by atoms with Crippen molar-refractivity contribution in [1.82, 2.24) is 10.5 Å². The molecule has 2 N–H and O–H groups in total. The van der Waals surface area contributed by atoms with Crippen LogP contribution in [0.25, 0.3) is 0 Å². The van der Waals surface area contributed by atoms with Crippen LogP contribution in [0.5, 0.6) is 5.75 Å². The number of aromatic nitrogens is 1. The molecule has 1 aliphatic carbocycles. The van der Waals surface area contributed by atoms with E-state index < -0.39 is 0 Å². The first-order valence-electron chi connectivity index (χ1n) is 9.18. The predicted octanol–water partition coefficient (Wildman–Crippen LogP) is 3.81. The molecule has 0 saturated heterocycles. The van der Waals surface area contributed by atoms with Crippen molar-refractivity contribution in [1.29, 1.82) is 0 Å². The lowest BCUT2D eigenvalue weighted by Crippen LogP contribution is -2.26. The lowest BCUT2D eigenvalue weighted by Gasteiger charge is -2.25. The van der Waals surface area contributed by atoms with E-state index in [2.05, 4.69) is 34.0 Å². The van der Waals surface area contributed by atoms with Crippen molar-refractivity contribution in [2.24, 2.45) is 0 Å². The number of rotatable bonds is 9. The molecule has 0 radical (unpaired) electrons. The second-order valence-electron chi connectivity index (χ2n) is 6.49. The summed E-state index contributed by atoms with van der Waals surface area (Å²) in [7, 11) is 3.32. The van der Waals surface area contributed by atoms with Gasteiger partial charge >= 0.3 is 0 Å². The molecule has 27 heavy (non-hydrogen) atoms. The zero-order chi connectivity index (χ0) is 18.9. The molecule has 0 fully saturated rings. The smallest absolute Gasteiger partial charge is 0.165 e. The van der Waals surface area contributed by atoms with Crippen LogP contribution in [0.2, 0.25) is 0 Å². The van der Waals surface area contributed by atoms with Crippen LogP contribution in [0.15, 0.2) is 54.4 Å². The predicted molar refractivity (Wildman–Crippen MR) is 105 cm³/mol. The van der Waals surface area contributed by atoms with Gasteiger partial charge in [-0.25, -0.2) is 0 Å². The summed E-state index contributed by atoms with van der Waals surface area (Å²) < 4.78 is 10.7. The summed E-state index contributed by atoms with van der Waals surface area (Å²) in [6.07, 6.45) is 6.84. The Morgan fingerprint density at radius 1 is 1.11 bits per heavy atom. The van der Waals surface area contributed by atoms with Crippen LogP contribution in [0, 0.1) is 0 Å². The molecule has 1 atom stereocenters. The molecule has 0 spiro atoms. The van der Waals surface area contributed by atoms with E-state index >= 15 is 0 Å². The number of methoxy groups -OCH3 is 2. The van der Waals surface area contributed by atoms with Crippen LogP contribution in [0.3, 0.4) is 0 Å². The first-order chi connectivity index (χ1) is 13.3. The zero-order valence-electron chi connectivity index (χ0n) is 15.9. The van der Waals surface area contributed by atoms with Crippen LogP contribution in [0.1, 0.15) is 30.5 Å². The number of nitrogens with zero attached hydrogens (tertiary/aromatic N) is 1. The van der Waals surface area contributed by atoms with Gasteiger partial charge in [-0.05, 0) is 30.9 Å². The fraction of sp³-hybridized carbons (Fsp3) is 0.381. The van der Waals surface area contributed by atoms with Crippen molar-refractivity contribution >= 4 is 5.69 Å². The number of hydrogen-bond donors (Lipinski definition) is 2. The first-order valence-corrected chi connectivity index (χ1v) is 9.18. The Kier molecular flexibility index (Phi) is 7.07. The summed E-state index contributed by atoms with van der Waals surface area (Å²) in [5.74, 6) is 0.749. The number of allylic oxidation sites excluding steroid dienone is 1. The lowest BCUT2D eigenvalue weighted by atomic mass is 9.99. The van der Waals surface area contributed by atoms with E-state index in [1.807, 2.05) is 24.3 Å². The molecule has 0 aliphatic heterocycles. The Labute approximate surface area is 160 Å². The Bertz CT molecular complexity index is 750. The first kappa shape index (κ1) is 19.2. The Morgan fingerprint density at radius 2 is 1.96 bits per heavy atom. The number of pyridine rings is 1. The number of ether oxygens (including phenoxy) is 2. The van der Waals surface area contributed by atoms with E-state index in [1.165, 1.54) is 0 Å². The molecule has 1 heterocycles. The molecule has 3 rings (SSSR count). The van der Waals surface area contributed by atoms with Crippen LogP contribution < -0.4 is 15.5 Å². The van der Waals surface area contributed by atoms with E-state index in [0.717, 1.165) is 47.7 Å². The van der Waals surface area contributed by atoms with Gasteiger partial charge in [0.25, 0.3) is 0 Å². The molecule has 0 bridgehead atoms. The quantitative estimate of drug-likeness (QED) is 0.656. The molecule has 2 aromatic rings. The average Bonchev–Trinajstić information content (AvgIpc) is 2.71. The summed E-state index contributed by atoms with van der Waals surface area (Å²) in [6.45, 7) is 0.979. The van der Waals surface area contributed by atoms with Crippen molar-refractivity contribution < 1.29 is 14.3 Å². The normalized spacial score (nSPS) is 16.5. The highest BCUT2D eigenvalue weighted by Gasteiger charge is 2.18. The van der Waals surface area contributed by atoms with Crippen LogP contribution >= 0.6 is 0 Å². The molecule has 1 unspecified atom stereocenters. The van der Waals surface area contributed by atoms with E-state index in [1.54, 1.807) is 20.4 Å². The van der Waals surface area contributed by atoms with Gasteiger partial charge in [0.05, 0.1) is 26.0 Å². The lowest BCUT2D eigenvalue weighted by molar-refractivity contribution is 0.0457. The minimum atomic E-state index is 0.344. The van der Waals surface area contributed by atoms with Crippen LogP contribution in [-0.2, 0) is 22.8 Å². The van der Waals surface area contributed by atoms with Gasteiger partial charge in [0.2, 0.25) is 0 Å². The molecule has 1 aromatic carbocycles. The third kappa shape index (κ3) is 5.45. The fourth-order valence-corrected chi connectivity index (χ4v) is 3.14. The van der Waals surface area contributed by atoms with Gasteiger partial charge in [0.15, 0.2) is 5.75 Å². The molecule has 1 aliphatic rings. The van der Waals surface area contributed by atoms with Gasteiger partial charge in [-0.2, -0.15) is 0 Å². The Morgan fingerprint density at radius 3 is 2.67 bits per heavy atom. The van der Waals surface area contributed by atoms with E-state index in [9.17, 15) is 0 Å². The maximum atomic E-state index is 5.61. The maximum absolute atomic E-state index is 5.61. The topological polar surface area (TPSA) is 64.6 Å². The highest BCUT2D eigenvalue weighted by atomic mass is 16.6. The molecular weight excluding hydrogens is 342 g/mol. The molecule has 1 aromatic heterocycles. The Balaban J connectivity index is 1.51. The summed E-state index contributed by atoms with van der Waals surface area (Å²) in [6, 6.07) is 12.4. The monoisotopic (exact) mass is 369 g/mol. The standard InChI is InChI=1S/C21H27N3O3/c1-25-15-20-21(26-2)19(12-13-22-20)23-17-8-10-18(11-9-17)24-27-14-16-6-4-3-5-7-16/h3-7,10,12-13,17,24H,8-9,11,14-15H2,1-2H3,(H,22,23). The largest absolute Gasteiger partial charge is 0.493 e. The number of benzene rings is 1. The van der Waals surface area contributed by atoms with Crippen molar-refractivity contribution in [2.45, 2.75) is 38.5 Å². The molecule has 6 heteroatoms. The second kappa shape index (κ2) is 9.94. The van der Waals surface area contributed by atoms with Gasteiger partial charge in [0.1, 0.15) is 5.69 Å². The average molecular weight is 369 g/mol. The zero-order valence-corrected chi connectivity index (χ0v) is 15.9. The molecule has 6 nitrogen and oxygen atoms in total. The third-order valence-corrected chi connectivity index (χ3v) is 4.52. The van der Waals surface area contributed by atoms with Crippen molar-refractivity contribution in [2.75, 3.05) is 19.5 Å². The van der Waals surface area contributed by atoms with Crippen molar-refractivity contribution in [3.63, 3.8) is 0 Å². The van der Waals surface area contributed by atoms with E-state index in [4.69, 9.17) is 14.3 Å². The molecule has 0 saturated carbocycles. The molecular formula is C21H27N3O3. The van der Waals surface area contributed by atoms with Crippen molar-refractivity contribution in [3.8, 4) is 5.75 Å². The second-order valence-corrected chi connectivity index (χ2v) is 6.49. The van der Waals surface area contributed by atoms with Gasteiger partial charge < -0.3 is 14.8 Å². The van der Waals surface area contributed by atoms with Gasteiger partial charge in [-0.15, -0.1) is 0 Å². The summed E-state index contributed by atoms with van der Waals surface area (Å²) >= 11 is 0. The van der Waals surface area contributed by atoms with E-state index in [0.29, 0.717) is 19.3 Å². The number of nitrogens with one attached hydrogen (secondary N) is 2. The SMILES string of the molecule is COCc1nccc(NC2CC=C(NOCc3ccccc3)CC2)c1OC. The minimum Gasteiger partial charge on any atom is -0.493 e. The van der Waals surface area contributed by atoms with Crippen LogP contribution in [-0.4, -0.2) is 25.2 Å². The maximum Gasteiger partial charge on any atom is 0.165 e. The molecule has 144 valence electrons. The fourth-order valence-electron chi connectivity index (χ4n) is 3.14. The summed E-state index contributed by atoms with van der Waals surface area (Å²) in [5.41, 5.74) is 7.12. The summed E-state index contributed by atoms with van der Waals surface area (Å²) in [5, 5.41) is 3.57.